The maximum absolute atomic E-state index is 2.37. The van der Waals surface area contributed by atoms with Crippen molar-refractivity contribution in [1.82, 2.24) is 0 Å². The standard InChI is InChI=1S/C24H22/c1-17-7-11-20(12-8-17)24(21-13-9-18(2)10-14-21)23-16-15-19-5-3-4-6-22(19)23/h3-16,23-24H,1-2H3. The minimum absolute atomic E-state index is 0.353. The summed E-state index contributed by atoms with van der Waals surface area (Å²) in [6.45, 7) is 4.30. The van der Waals surface area contributed by atoms with Crippen molar-refractivity contribution >= 4 is 6.08 Å². The molecule has 1 atom stereocenters. The molecule has 4 rings (SSSR count). The SMILES string of the molecule is Cc1ccc(C(c2ccc(C)cc2)C2C=Cc3ccccc32)cc1. The van der Waals surface area contributed by atoms with Gasteiger partial charge in [0, 0.05) is 11.8 Å². The first kappa shape index (κ1) is 15.0. The van der Waals surface area contributed by atoms with Crippen molar-refractivity contribution in [3.63, 3.8) is 0 Å². The molecule has 0 saturated carbocycles. The summed E-state index contributed by atoms with van der Waals surface area (Å²) >= 11 is 0. The molecule has 0 bridgehead atoms. The molecule has 0 fully saturated rings. The van der Waals surface area contributed by atoms with Crippen LogP contribution in [-0.4, -0.2) is 0 Å². The first-order valence-corrected chi connectivity index (χ1v) is 8.62. The van der Waals surface area contributed by atoms with Crippen molar-refractivity contribution in [3.05, 3.63) is 112 Å². The second-order valence-electron chi connectivity index (χ2n) is 6.81. The molecule has 118 valence electrons. The van der Waals surface area contributed by atoms with Crippen molar-refractivity contribution < 1.29 is 0 Å². The lowest BCUT2D eigenvalue weighted by Crippen LogP contribution is -2.10. The van der Waals surface area contributed by atoms with Gasteiger partial charge in [0.1, 0.15) is 0 Å². The molecule has 3 aromatic rings. The Morgan fingerprint density at radius 3 is 1.79 bits per heavy atom. The van der Waals surface area contributed by atoms with Gasteiger partial charge in [-0.25, -0.2) is 0 Å². The summed E-state index contributed by atoms with van der Waals surface area (Å²) in [7, 11) is 0. The quantitative estimate of drug-likeness (QED) is 0.536. The molecule has 0 heterocycles. The molecule has 0 nitrogen and oxygen atoms in total. The van der Waals surface area contributed by atoms with Crippen LogP contribution in [0.2, 0.25) is 0 Å². The summed E-state index contributed by atoms with van der Waals surface area (Å²) in [5, 5.41) is 0. The molecule has 1 unspecified atom stereocenters. The monoisotopic (exact) mass is 310 g/mol. The Hall–Kier alpha value is -2.60. The van der Waals surface area contributed by atoms with Gasteiger partial charge < -0.3 is 0 Å². The van der Waals surface area contributed by atoms with Crippen LogP contribution in [0.4, 0.5) is 0 Å². The van der Waals surface area contributed by atoms with Gasteiger partial charge in [0.25, 0.3) is 0 Å². The minimum atomic E-state index is 0.353. The third kappa shape index (κ3) is 2.69. The molecule has 3 aromatic carbocycles. The number of allylic oxidation sites excluding steroid dienone is 1. The van der Waals surface area contributed by atoms with Crippen LogP contribution in [-0.2, 0) is 0 Å². The number of fused-ring (bicyclic) bond motifs is 1. The number of hydrogen-bond acceptors (Lipinski definition) is 0. The molecule has 0 saturated heterocycles. The number of rotatable bonds is 3. The summed E-state index contributed by atoms with van der Waals surface area (Å²) in [5.41, 5.74) is 8.18. The van der Waals surface area contributed by atoms with Crippen LogP contribution in [0.5, 0.6) is 0 Å². The summed E-state index contributed by atoms with van der Waals surface area (Å²) in [4.78, 5) is 0. The van der Waals surface area contributed by atoms with Gasteiger partial charge in [-0.1, -0.05) is 96.1 Å². The molecular formula is C24H22. The minimum Gasteiger partial charge on any atom is -0.0754 e. The molecule has 0 amide bonds. The molecule has 1 aliphatic rings. The molecule has 0 N–H and O–H groups in total. The molecule has 1 aliphatic carbocycles. The fraction of sp³-hybridized carbons (Fsp3) is 0.167. The summed E-state index contributed by atoms with van der Waals surface area (Å²) in [6.07, 6.45) is 4.64. The first-order chi connectivity index (χ1) is 11.7. The van der Waals surface area contributed by atoms with Gasteiger partial charge in [0.2, 0.25) is 0 Å². The number of benzene rings is 3. The Balaban J connectivity index is 1.84. The van der Waals surface area contributed by atoms with E-state index in [1.54, 1.807) is 0 Å². The van der Waals surface area contributed by atoms with E-state index in [2.05, 4.69) is 98.8 Å². The lowest BCUT2D eigenvalue weighted by molar-refractivity contribution is 0.724. The zero-order chi connectivity index (χ0) is 16.5. The van der Waals surface area contributed by atoms with Crippen LogP contribution >= 0.6 is 0 Å². The highest BCUT2D eigenvalue weighted by atomic mass is 14.3. The van der Waals surface area contributed by atoms with Crippen LogP contribution in [0.1, 0.15) is 45.2 Å². The van der Waals surface area contributed by atoms with E-state index < -0.39 is 0 Å². The van der Waals surface area contributed by atoms with Crippen LogP contribution in [0, 0.1) is 13.8 Å². The fourth-order valence-electron chi connectivity index (χ4n) is 3.72. The molecule has 0 spiro atoms. The predicted octanol–water partition coefficient (Wildman–Crippen LogP) is 6.25. The van der Waals surface area contributed by atoms with Crippen LogP contribution in [0.3, 0.4) is 0 Å². The zero-order valence-corrected chi connectivity index (χ0v) is 14.2. The highest BCUT2D eigenvalue weighted by Crippen LogP contribution is 2.44. The lowest BCUT2D eigenvalue weighted by Gasteiger charge is -2.25. The fourth-order valence-corrected chi connectivity index (χ4v) is 3.72. The van der Waals surface area contributed by atoms with Crippen molar-refractivity contribution in [2.24, 2.45) is 0 Å². The first-order valence-electron chi connectivity index (χ1n) is 8.62. The van der Waals surface area contributed by atoms with E-state index in [9.17, 15) is 0 Å². The molecule has 0 radical (unpaired) electrons. The molecule has 0 heteroatoms. The molecular weight excluding hydrogens is 288 g/mol. The Morgan fingerprint density at radius 2 is 1.21 bits per heavy atom. The van der Waals surface area contributed by atoms with Crippen LogP contribution < -0.4 is 0 Å². The van der Waals surface area contributed by atoms with Gasteiger partial charge in [-0.15, -0.1) is 0 Å². The Labute approximate surface area is 144 Å². The van der Waals surface area contributed by atoms with Gasteiger partial charge in [-0.2, -0.15) is 0 Å². The second kappa shape index (κ2) is 6.13. The molecule has 0 aliphatic heterocycles. The summed E-state index contributed by atoms with van der Waals surface area (Å²) in [6, 6.07) is 26.8. The van der Waals surface area contributed by atoms with Gasteiger partial charge >= 0.3 is 0 Å². The maximum Gasteiger partial charge on any atom is 0.0193 e. The van der Waals surface area contributed by atoms with Crippen molar-refractivity contribution in [1.29, 1.82) is 0 Å². The van der Waals surface area contributed by atoms with Crippen molar-refractivity contribution in [2.45, 2.75) is 25.7 Å². The average molecular weight is 310 g/mol. The Bertz CT molecular complexity index is 821. The van der Waals surface area contributed by atoms with E-state index in [0.717, 1.165) is 0 Å². The predicted molar refractivity (Wildman–Crippen MR) is 102 cm³/mol. The summed E-state index contributed by atoms with van der Waals surface area (Å²) in [5.74, 6) is 0.748. The smallest absolute Gasteiger partial charge is 0.0193 e. The molecule has 0 aromatic heterocycles. The summed E-state index contributed by atoms with van der Waals surface area (Å²) < 4.78 is 0. The van der Waals surface area contributed by atoms with Crippen molar-refractivity contribution in [2.75, 3.05) is 0 Å². The van der Waals surface area contributed by atoms with E-state index in [1.165, 1.54) is 33.4 Å². The third-order valence-electron chi connectivity index (χ3n) is 5.07. The van der Waals surface area contributed by atoms with Crippen LogP contribution in [0.15, 0.2) is 78.9 Å². The highest BCUT2D eigenvalue weighted by molar-refractivity contribution is 5.64. The van der Waals surface area contributed by atoms with E-state index in [4.69, 9.17) is 0 Å². The topological polar surface area (TPSA) is 0 Å². The van der Waals surface area contributed by atoms with Crippen LogP contribution in [0.25, 0.3) is 6.08 Å². The van der Waals surface area contributed by atoms with Gasteiger partial charge in [0.15, 0.2) is 0 Å². The number of hydrogen-bond donors (Lipinski definition) is 0. The van der Waals surface area contributed by atoms with E-state index in [-0.39, 0.29) is 0 Å². The highest BCUT2D eigenvalue weighted by Gasteiger charge is 2.28. The Kier molecular flexibility index (Phi) is 3.82. The zero-order valence-electron chi connectivity index (χ0n) is 14.2. The van der Waals surface area contributed by atoms with E-state index >= 15 is 0 Å². The number of aryl methyl sites for hydroxylation is 2. The van der Waals surface area contributed by atoms with E-state index in [0.29, 0.717) is 11.8 Å². The van der Waals surface area contributed by atoms with Gasteiger partial charge in [-0.05, 0) is 36.1 Å². The second-order valence-corrected chi connectivity index (χ2v) is 6.81. The van der Waals surface area contributed by atoms with Gasteiger partial charge in [-0.3, -0.25) is 0 Å². The average Bonchev–Trinajstić information content (AvgIpc) is 3.03. The Morgan fingerprint density at radius 1 is 0.667 bits per heavy atom. The largest absolute Gasteiger partial charge is 0.0754 e. The third-order valence-corrected chi connectivity index (χ3v) is 5.07. The van der Waals surface area contributed by atoms with E-state index in [1.807, 2.05) is 0 Å². The molecule has 24 heavy (non-hydrogen) atoms. The normalized spacial score (nSPS) is 15.7. The van der Waals surface area contributed by atoms with Gasteiger partial charge in [0.05, 0.1) is 0 Å². The maximum atomic E-state index is 2.37. The van der Waals surface area contributed by atoms with Crippen molar-refractivity contribution in [3.8, 4) is 0 Å². The lowest BCUT2D eigenvalue weighted by atomic mass is 9.78.